The van der Waals surface area contributed by atoms with Crippen LogP contribution in [-0.2, 0) is 0 Å². The zero-order chi connectivity index (χ0) is 15.7. The Hall–Kier alpha value is -2.80. The van der Waals surface area contributed by atoms with Gasteiger partial charge in [-0.15, -0.1) is 0 Å². The summed E-state index contributed by atoms with van der Waals surface area (Å²) >= 11 is 4.90. The molecule has 0 atom stereocenters. The van der Waals surface area contributed by atoms with Gasteiger partial charge < -0.3 is 10.3 Å². The Kier molecular flexibility index (Phi) is 3.56. The average Bonchev–Trinajstić information content (AvgIpc) is 2.46. The van der Waals surface area contributed by atoms with Crippen molar-refractivity contribution in [1.82, 2.24) is 9.97 Å². The molecule has 1 heterocycles. The van der Waals surface area contributed by atoms with Crippen molar-refractivity contribution < 1.29 is 9.18 Å². The quantitative estimate of drug-likeness (QED) is 0.636. The van der Waals surface area contributed by atoms with E-state index in [1.807, 2.05) is 0 Å². The molecule has 0 unspecified atom stereocenters. The summed E-state index contributed by atoms with van der Waals surface area (Å²) in [7, 11) is 0. The number of rotatable bonds is 2. The maximum atomic E-state index is 13.1. The number of hydrogen-bond acceptors (Lipinski definition) is 3. The van der Waals surface area contributed by atoms with Crippen molar-refractivity contribution in [2.45, 2.75) is 0 Å². The van der Waals surface area contributed by atoms with Crippen molar-refractivity contribution in [1.29, 1.82) is 0 Å². The second kappa shape index (κ2) is 5.53. The van der Waals surface area contributed by atoms with Crippen molar-refractivity contribution in [2.75, 3.05) is 5.32 Å². The van der Waals surface area contributed by atoms with Gasteiger partial charge in [-0.3, -0.25) is 14.6 Å². The number of anilines is 1. The lowest BCUT2D eigenvalue weighted by atomic mass is 10.1. The van der Waals surface area contributed by atoms with Gasteiger partial charge in [-0.25, -0.2) is 4.39 Å². The van der Waals surface area contributed by atoms with Gasteiger partial charge in [-0.2, -0.15) is 0 Å². The van der Waals surface area contributed by atoms with Crippen molar-refractivity contribution >= 4 is 34.7 Å². The van der Waals surface area contributed by atoms with E-state index < -0.39 is 11.7 Å². The fourth-order valence-electron chi connectivity index (χ4n) is 2.08. The van der Waals surface area contributed by atoms with E-state index in [1.54, 1.807) is 6.07 Å². The van der Waals surface area contributed by atoms with Crippen molar-refractivity contribution in [3.63, 3.8) is 0 Å². The average molecular weight is 315 g/mol. The molecular weight excluding hydrogens is 305 g/mol. The van der Waals surface area contributed by atoms with Gasteiger partial charge in [0, 0.05) is 11.3 Å². The molecule has 0 aliphatic heterocycles. The third-order valence-corrected chi connectivity index (χ3v) is 3.29. The first-order chi connectivity index (χ1) is 10.5. The zero-order valence-corrected chi connectivity index (χ0v) is 12.0. The highest BCUT2D eigenvalue weighted by Gasteiger charge is 2.09. The molecule has 0 saturated heterocycles. The third kappa shape index (κ3) is 2.79. The normalized spacial score (nSPS) is 10.6. The van der Waals surface area contributed by atoms with Crippen molar-refractivity contribution in [2.24, 2.45) is 0 Å². The van der Waals surface area contributed by atoms with E-state index in [0.717, 1.165) is 0 Å². The highest BCUT2D eigenvalue weighted by Crippen LogP contribution is 2.14. The maximum Gasteiger partial charge on any atom is 0.259 e. The fraction of sp³-hybridized carbons (Fsp3) is 0. The third-order valence-electron chi connectivity index (χ3n) is 3.08. The number of aromatic amines is 2. The second-order valence-corrected chi connectivity index (χ2v) is 5.04. The van der Waals surface area contributed by atoms with Crippen LogP contribution in [0.1, 0.15) is 10.4 Å². The van der Waals surface area contributed by atoms with Crippen LogP contribution in [-0.4, -0.2) is 15.9 Å². The largest absolute Gasteiger partial charge is 0.332 e. The smallest absolute Gasteiger partial charge is 0.259 e. The molecule has 0 aliphatic carbocycles. The topological polar surface area (TPSA) is 77.8 Å². The molecule has 110 valence electrons. The van der Waals surface area contributed by atoms with E-state index in [0.29, 0.717) is 22.2 Å². The lowest BCUT2D eigenvalue weighted by Gasteiger charge is -2.06. The van der Waals surface area contributed by atoms with Gasteiger partial charge >= 0.3 is 0 Å². The van der Waals surface area contributed by atoms with Crippen LogP contribution in [0.25, 0.3) is 10.9 Å². The molecule has 0 aliphatic rings. The standard InChI is InChI=1S/C15H10FN3O2S/c16-9-2-1-3-10(7-9)17-13(20)8-4-5-11-12(6-8)18-15(22)19-14(11)21/h1-7H,(H,17,20)(H2,18,19,21,22). The predicted octanol–water partition coefficient (Wildman–Crippen LogP) is 2.98. The molecule has 22 heavy (non-hydrogen) atoms. The van der Waals surface area contributed by atoms with E-state index in [-0.39, 0.29) is 10.3 Å². The summed E-state index contributed by atoms with van der Waals surface area (Å²) < 4.78 is 13.3. The highest BCUT2D eigenvalue weighted by molar-refractivity contribution is 7.71. The Bertz CT molecular complexity index is 994. The Morgan fingerprint density at radius 2 is 1.95 bits per heavy atom. The first kappa shape index (κ1) is 14.2. The highest BCUT2D eigenvalue weighted by atomic mass is 32.1. The van der Waals surface area contributed by atoms with Gasteiger partial charge in [0.1, 0.15) is 5.82 Å². The van der Waals surface area contributed by atoms with Crippen molar-refractivity contribution in [3.05, 3.63) is 69.0 Å². The molecule has 3 N–H and O–H groups in total. The Morgan fingerprint density at radius 3 is 2.73 bits per heavy atom. The summed E-state index contributed by atoms with van der Waals surface area (Å²) in [6.07, 6.45) is 0. The molecule has 0 radical (unpaired) electrons. The van der Waals surface area contributed by atoms with Gasteiger partial charge in [0.2, 0.25) is 0 Å². The Labute approximate surface area is 128 Å². The fourth-order valence-corrected chi connectivity index (χ4v) is 2.28. The van der Waals surface area contributed by atoms with Crippen LogP contribution in [0, 0.1) is 10.6 Å². The van der Waals surface area contributed by atoms with Gasteiger partial charge in [-0.05, 0) is 48.6 Å². The number of carbonyl (C=O) groups is 1. The number of benzene rings is 2. The number of aromatic nitrogens is 2. The van der Waals surface area contributed by atoms with E-state index in [1.165, 1.54) is 36.4 Å². The first-order valence-electron chi connectivity index (χ1n) is 6.36. The van der Waals surface area contributed by atoms with E-state index >= 15 is 0 Å². The summed E-state index contributed by atoms with van der Waals surface area (Å²) in [6, 6.07) is 10.2. The molecular formula is C15H10FN3O2S. The van der Waals surface area contributed by atoms with Gasteiger partial charge in [0.05, 0.1) is 10.9 Å². The number of amides is 1. The van der Waals surface area contributed by atoms with Crippen LogP contribution in [0.2, 0.25) is 0 Å². The minimum absolute atomic E-state index is 0.181. The molecule has 5 nitrogen and oxygen atoms in total. The van der Waals surface area contributed by atoms with E-state index in [2.05, 4.69) is 15.3 Å². The number of carbonyl (C=O) groups excluding carboxylic acids is 1. The van der Waals surface area contributed by atoms with E-state index in [9.17, 15) is 14.0 Å². The molecule has 1 amide bonds. The van der Waals surface area contributed by atoms with Crippen LogP contribution in [0.5, 0.6) is 0 Å². The monoisotopic (exact) mass is 315 g/mol. The number of nitrogens with one attached hydrogen (secondary N) is 3. The molecule has 7 heteroatoms. The van der Waals surface area contributed by atoms with Gasteiger partial charge in [0.25, 0.3) is 11.5 Å². The molecule has 3 rings (SSSR count). The molecule has 1 aromatic heterocycles. The minimum atomic E-state index is -0.438. The van der Waals surface area contributed by atoms with E-state index in [4.69, 9.17) is 12.2 Å². The van der Waals surface area contributed by atoms with Crippen LogP contribution in [0.4, 0.5) is 10.1 Å². The Balaban J connectivity index is 1.98. The lowest BCUT2D eigenvalue weighted by Crippen LogP contribution is -2.13. The summed E-state index contributed by atoms with van der Waals surface area (Å²) in [5, 5.41) is 2.99. The summed E-state index contributed by atoms with van der Waals surface area (Å²) in [6.45, 7) is 0. The predicted molar refractivity (Wildman–Crippen MR) is 84.1 cm³/mol. The van der Waals surface area contributed by atoms with Crippen LogP contribution in [0.15, 0.2) is 47.3 Å². The maximum absolute atomic E-state index is 13.1. The Morgan fingerprint density at radius 1 is 1.14 bits per heavy atom. The van der Waals surface area contributed by atoms with Crippen LogP contribution >= 0.6 is 12.2 Å². The van der Waals surface area contributed by atoms with Crippen molar-refractivity contribution in [3.8, 4) is 0 Å². The lowest BCUT2D eigenvalue weighted by molar-refractivity contribution is 0.102. The summed E-state index contributed by atoms with van der Waals surface area (Å²) in [5.41, 5.74) is 0.813. The number of hydrogen-bond donors (Lipinski definition) is 3. The summed E-state index contributed by atoms with van der Waals surface area (Å²) in [4.78, 5) is 29.2. The SMILES string of the molecule is O=C(Nc1cccc(F)c1)c1ccc2c(=O)[nH]c(=S)[nH]c2c1. The van der Waals surface area contributed by atoms with Crippen LogP contribution < -0.4 is 10.9 Å². The molecule has 0 saturated carbocycles. The molecule has 0 fully saturated rings. The molecule has 0 spiro atoms. The van der Waals surface area contributed by atoms with Gasteiger partial charge in [0.15, 0.2) is 4.77 Å². The van der Waals surface area contributed by atoms with Crippen LogP contribution in [0.3, 0.4) is 0 Å². The zero-order valence-electron chi connectivity index (χ0n) is 11.1. The molecule has 2 aromatic carbocycles. The first-order valence-corrected chi connectivity index (χ1v) is 6.77. The summed E-state index contributed by atoms with van der Waals surface area (Å²) in [5.74, 6) is -0.848. The minimum Gasteiger partial charge on any atom is -0.332 e. The number of halogens is 1. The number of H-pyrrole nitrogens is 2. The van der Waals surface area contributed by atoms with Gasteiger partial charge in [-0.1, -0.05) is 6.07 Å². The second-order valence-electron chi connectivity index (χ2n) is 4.63. The number of fused-ring (bicyclic) bond motifs is 1. The molecule has 0 bridgehead atoms. The molecule has 3 aromatic rings.